The van der Waals surface area contributed by atoms with Crippen LogP contribution in [0.15, 0.2) is 72.8 Å². The molecule has 0 bridgehead atoms. The van der Waals surface area contributed by atoms with Crippen molar-refractivity contribution in [3.8, 4) is 17.2 Å². The Morgan fingerprint density at radius 3 is 1.98 bits per heavy atom. The van der Waals surface area contributed by atoms with Gasteiger partial charge in [-0.15, -0.1) is 0 Å². The van der Waals surface area contributed by atoms with Crippen molar-refractivity contribution in [2.24, 2.45) is 5.92 Å². The van der Waals surface area contributed by atoms with Gasteiger partial charge in [-0.2, -0.15) is 0 Å². The van der Waals surface area contributed by atoms with Crippen LogP contribution >= 0.6 is 0 Å². The van der Waals surface area contributed by atoms with Gasteiger partial charge in [0.1, 0.15) is 0 Å². The molecule has 8 nitrogen and oxygen atoms in total. The van der Waals surface area contributed by atoms with Gasteiger partial charge in [0, 0.05) is 18.5 Å². The predicted molar refractivity (Wildman–Crippen MR) is 188 cm³/mol. The molecular formula is C39H47NO7. The van der Waals surface area contributed by atoms with E-state index in [0.29, 0.717) is 36.0 Å². The number of hydrogen-bond donors (Lipinski definition) is 0. The maximum atomic E-state index is 13.3. The Kier molecular flexibility index (Phi) is 13.5. The summed E-state index contributed by atoms with van der Waals surface area (Å²) in [4.78, 5) is 27.8. The second kappa shape index (κ2) is 18.0. The number of rotatable bonds is 18. The van der Waals surface area contributed by atoms with Crippen molar-refractivity contribution >= 4 is 39.6 Å². The van der Waals surface area contributed by atoms with Crippen molar-refractivity contribution in [1.82, 2.24) is 4.90 Å². The minimum atomic E-state index is -0.384. The lowest BCUT2D eigenvalue weighted by Crippen LogP contribution is -2.28. The summed E-state index contributed by atoms with van der Waals surface area (Å²) in [6.45, 7) is 4.71. The third kappa shape index (κ3) is 9.96. The summed E-state index contributed by atoms with van der Waals surface area (Å²) in [7, 11) is 6.76. The van der Waals surface area contributed by atoms with E-state index in [0.717, 1.165) is 72.3 Å². The van der Waals surface area contributed by atoms with E-state index in [9.17, 15) is 9.59 Å². The van der Waals surface area contributed by atoms with E-state index in [-0.39, 0.29) is 17.9 Å². The van der Waals surface area contributed by atoms with Gasteiger partial charge in [0.15, 0.2) is 11.5 Å². The van der Waals surface area contributed by atoms with E-state index < -0.39 is 0 Å². The fourth-order valence-corrected chi connectivity index (χ4v) is 5.80. The number of fused-ring (bicyclic) bond motifs is 2. The molecule has 0 fully saturated rings. The van der Waals surface area contributed by atoms with Crippen LogP contribution in [0.5, 0.6) is 17.2 Å². The standard InChI is InChI=1S/C39H47NO7/c1-28(27-47-39(42)37-32-17-11-9-15-30(32)25-31-16-10-12-18-33(31)37)26-40(2)21-13-7-6-8-14-22-46-36(41)20-19-29-23-34(43-3)38(45-5)35(24-29)44-4/h9-12,15-20,23-25,28H,6-8,13-14,21-22,26-27H2,1-5H3/b20-19+/t28-/m0/s1. The van der Waals surface area contributed by atoms with Crippen LogP contribution in [0, 0.1) is 5.92 Å². The van der Waals surface area contributed by atoms with E-state index in [1.165, 1.54) is 6.08 Å². The van der Waals surface area contributed by atoms with Crippen LogP contribution in [0.3, 0.4) is 0 Å². The smallest absolute Gasteiger partial charge is 0.339 e. The largest absolute Gasteiger partial charge is 0.493 e. The number of nitrogens with zero attached hydrogens (tertiary/aromatic N) is 1. The first-order valence-corrected chi connectivity index (χ1v) is 16.3. The molecule has 0 saturated heterocycles. The van der Waals surface area contributed by atoms with Gasteiger partial charge in [0.2, 0.25) is 5.75 Å². The van der Waals surface area contributed by atoms with E-state index >= 15 is 0 Å². The summed E-state index contributed by atoms with van der Waals surface area (Å²) >= 11 is 0. The maximum Gasteiger partial charge on any atom is 0.339 e. The second-order valence-corrected chi connectivity index (χ2v) is 11.9. The molecule has 0 N–H and O–H groups in total. The topological polar surface area (TPSA) is 83.5 Å². The Bertz CT molecular complexity index is 1590. The average molecular weight is 642 g/mol. The molecule has 0 heterocycles. The molecule has 0 aliphatic rings. The molecule has 0 unspecified atom stereocenters. The number of carbonyl (C=O) groups is 2. The Balaban J connectivity index is 1.10. The van der Waals surface area contributed by atoms with Crippen molar-refractivity contribution in [3.63, 3.8) is 0 Å². The zero-order valence-corrected chi connectivity index (χ0v) is 28.3. The monoisotopic (exact) mass is 641 g/mol. The molecule has 0 amide bonds. The quantitative estimate of drug-likeness (QED) is 0.0469. The number of methoxy groups -OCH3 is 3. The predicted octanol–water partition coefficient (Wildman–Crippen LogP) is 7.95. The van der Waals surface area contributed by atoms with Gasteiger partial charge in [0.25, 0.3) is 0 Å². The fourth-order valence-electron chi connectivity index (χ4n) is 5.80. The van der Waals surface area contributed by atoms with Gasteiger partial charge < -0.3 is 28.6 Å². The van der Waals surface area contributed by atoms with Gasteiger partial charge in [-0.1, -0.05) is 74.7 Å². The summed E-state index contributed by atoms with van der Waals surface area (Å²) in [6, 6.07) is 21.6. The molecule has 4 rings (SSSR count). The molecule has 0 aliphatic carbocycles. The molecule has 0 aromatic heterocycles. The maximum absolute atomic E-state index is 13.3. The Hall–Kier alpha value is -4.56. The van der Waals surface area contributed by atoms with E-state index in [4.69, 9.17) is 23.7 Å². The van der Waals surface area contributed by atoms with Crippen molar-refractivity contribution < 1.29 is 33.3 Å². The molecule has 4 aromatic carbocycles. The van der Waals surface area contributed by atoms with Crippen LogP contribution < -0.4 is 14.2 Å². The number of ether oxygens (including phenoxy) is 5. The molecule has 0 aliphatic heterocycles. The van der Waals surface area contributed by atoms with Gasteiger partial charge in [-0.05, 0) is 77.8 Å². The third-order valence-electron chi connectivity index (χ3n) is 8.13. The highest BCUT2D eigenvalue weighted by Gasteiger charge is 2.18. The SMILES string of the molecule is COc1cc(/C=C/C(=O)OCCCCCCCN(C)C[C@H](C)COC(=O)c2c3ccccc3cc3ccccc23)cc(OC)c1OC. The van der Waals surface area contributed by atoms with Crippen LogP contribution in [0.1, 0.15) is 54.9 Å². The average Bonchev–Trinajstić information content (AvgIpc) is 3.09. The zero-order chi connectivity index (χ0) is 33.6. The molecule has 1 atom stereocenters. The van der Waals surface area contributed by atoms with Crippen LogP contribution in [0.2, 0.25) is 0 Å². The Labute approximate surface area is 278 Å². The van der Waals surface area contributed by atoms with Crippen molar-refractivity contribution in [2.75, 3.05) is 54.7 Å². The molecule has 4 aromatic rings. The highest BCUT2D eigenvalue weighted by molar-refractivity contribution is 6.16. The van der Waals surface area contributed by atoms with Crippen molar-refractivity contribution in [1.29, 1.82) is 0 Å². The third-order valence-corrected chi connectivity index (χ3v) is 8.13. The lowest BCUT2D eigenvalue weighted by atomic mass is 9.97. The molecule has 250 valence electrons. The number of hydrogen-bond acceptors (Lipinski definition) is 8. The van der Waals surface area contributed by atoms with Crippen molar-refractivity contribution in [3.05, 3.63) is 83.9 Å². The molecule has 8 heteroatoms. The normalized spacial score (nSPS) is 12.0. The summed E-state index contributed by atoms with van der Waals surface area (Å²) in [6.07, 6.45) is 8.18. The molecule has 0 saturated carbocycles. The lowest BCUT2D eigenvalue weighted by molar-refractivity contribution is -0.137. The number of unbranched alkanes of at least 4 members (excludes halogenated alkanes) is 4. The minimum absolute atomic E-state index is 0.211. The number of esters is 2. The zero-order valence-electron chi connectivity index (χ0n) is 28.3. The summed E-state index contributed by atoms with van der Waals surface area (Å²) in [5, 5.41) is 3.91. The van der Waals surface area contributed by atoms with Crippen LogP contribution in [-0.4, -0.2) is 71.5 Å². The first-order chi connectivity index (χ1) is 22.8. The lowest BCUT2D eigenvalue weighted by Gasteiger charge is -2.21. The van der Waals surface area contributed by atoms with Gasteiger partial charge in [-0.3, -0.25) is 0 Å². The van der Waals surface area contributed by atoms with Gasteiger partial charge in [0.05, 0.1) is 40.1 Å². The van der Waals surface area contributed by atoms with Crippen LogP contribution in [0.4, 0.5) is 0 Å². The van der Waals surface area contributed by atoms with E-state index in [1.54, 1.807) is 39.5 Å². The highest BCUT2D eigenvalue weighted by Crippen LogP contribution is 2.38. The fraction of sp³-hybridized carbons (Fsp3) is 0.385. The van der Waals surface area contributed by atoms with Crippen LogP contribution in [0.25, 0.3) is 27.6 Å². The summed E-state index contributed by atoms with van der Waals surface area (Å²) in [5.41, 5.74) is 1.38. The molecular weight excluding hydrogens is 594 g/mol. The van der Waals surface area contributed by atoms with E-state index in [2.05, 4.69) is 24.9 Å². The summed E-state index contributed by atoms with van der Waals surface area (Å²) < 4.78 is 27.3. The number of carbonyl (C=O) groups excluding carboxylic acids is 2. The summed E-state index contributed by atoms with van der Waals surface area (Å²) in [5.74, 6) is 1.10. The van der Waals surface area contributed by atoms with Gasteiger partial charge in [-0.25, -0.2) is 9.59 Å². The highest BCUT2D eigenvalue weighted by atomic mass is 16.5. The van der Waals surface area contributed by atoms with E-state index in [1.807, 2.05) is 48.5 Å². The van der Waals surface area contributed by atoms with Crippen LogP contribution in [-0.2, 0) is 14.3 Å². The second-order valence-electron chi connectivity index (χ2n) is 11.9. The van der Waals surface area contributed by atoms with Gasteiger partial charge >= 0.3 is 11.9 Å². The molecule has 0 radical (unpaired) electrons. The Morgan fingerprint density at radius 2 is 1.36 bits per heavy atom. The van der Waals surface area contributed by atoms with Crippen molar-refractivity contribution in [2.45, 2.75) is 39.0 Å². The minimum Gasteiger partial charge on any atom is -0.493 e. The first-order valence-electron chi connectivity index (χ1n) is 16.3. The number of benzene rings is 4. The molecule has 0 spiro atoms. The first kappa shape index (κ1) is 35.3. The Morgan fingerprint density at radius 1 is 0.766 bits per heavy atom. The molecule has 47 heavy (non-hydrogen) atoms.